The van der Waals surface area contributed by atoms with Crippen molar-refractivity contribution >= 4 is 52.5 Å². The Labute approximate surface area is 204 Å². The Hall–Kier alpha value is -4.09. The van der Waals surface area contributed by atoms with Gasteiger partial charge in [0, 0.05) is 5.02 Å². The first-order valence-corrected chi connectivity index (χ1v) is 10.5. The lowest BCUT2D eigenvalue weighted by Crippen LogP contribution is -2.54. The van der Waals surface area contributed by atoms with Crippen LogP contribution in [-0.2, 0) is 9.59 Å². The minimum absolute atomic E-state index is 0.0126. The Balaban J connectivity index is 1.56. The molecule has 0 spiro atoms. The molecule has 10 nitrogen and oxygen atoms in total. The number of amides is 2. The molecular weight excluding hydrogens is 482 g/mol. The number of anilines is 1. The summed E-state index contributed by atoms with van der Waals surface area (Å²) in [5.41, 5.74) is 0.988. The molecule has 34 heavy (non-hydrogen) atoms. The fraction of sp³-hybridized carbons (Fsp3) is 0.0909. The number of halogens is 1. The van der Waals surface area contributed by atoms with E-state index in [1.807, 2.05) is 0 Å². The molecule has 2 heterocycles. The Morgan fingerprint density at radius 1 is 0.912 bits per heavy atom. The lowest BCUT2D eigenvalue weighted by Gasteiger charge is -2.28. The lowest BCUT2D eigenvalue weighted by molar-refractivity contribution is -0.122. The number of nitrogens with one attached hydrogen (secondary N) is 1. The van der Waals surface area contributed by atoms with E-state index in [1.165, 1.54) is 25.2 Å². The number of aromatic nitrogens is 3. The summed E-state index contributed by atoms with van der Waals surface area (Å²) in [5, 5.41) is 3.03. The van der Waals surface area contributed by atoms with E-state index in [9.17, 15) is 9.59 Å². The highest BCUT2D eigenvalue weighted by Gasteiger charge is 2.34. The van der Waals surface area contributed by atoms with Crippen LogP contribution < -0.4 is 24.4 Å². The van der Waals surface area contributed by atoms with Crippen molar-refractivity contribution in [2.24, 2.45) is 0 Å². The van der Waals surface area contributed by atoms with Crippen molar-refractivity contribution in [3.8, 4) is 23.8 Å². The van der Waals surface area contributed by atoms with Crippen LogP contribution in [0.1, 0.15) is 5.56 Å². The molecule has 12 heteroatoms. The van der Waals surface area contributed by atoms with E-state index in [2.05, 4.69) is 20.3 Å². The molecule has 2 aromatic carbocycles. The quantitative estimate of drug-likeness (QED) is 0.311. The average molecular weight is 498 g/mol. The van der Waals surface area contributed by atoms with E-state index in [4.69, 9.17) is 38.0 Å². The number of hydrogen-bond donors (Lipinski definition) is 1. The summed E-state index contributed by atoms with van der Waals surface area (Å²) in [6.45, 7) is 0. The highest BCUT2D eigenvalue weighted by molar-refractivity contribution is 7.80. The largest absolute Gasteiger partial charge is 0.467 e. The molecule has 1 N–H and O–H groups in total. The highest BCUT2D eigenvalue weighted by atomic mass is 35.5. The van der Waals surface area contributed by atoms with Crippen molar-refractivity contribution in [2.75, 3.05) is 19.1 Å². The van der Waals surface area contributed by atoms with Gasteiger partial charge >= 0.3 is 18.0 Å². The van der Waals surface area contributed by atoms with E-state index in [-0.39, 0.29) is 28.7 Å². The Bertz CT molecular complexity index is 1280. The SMILES string of the molecule is COc1nc(OC)nc(Oc2ccc(C=C3C(=O)NC(=S)N(c4ccc(Cl)cc4)C3=O)cc2)n1. The maximum atomic E-state index is 13.1. The number of thiocarbonyl (C=S) groups is 1. The summed E-state index contributed by atoms with van der Waals surface area (Å²) in [7, 11) is 2.81. The summed E-state index contributed by atoms with van der Waals surface area (Å²) in [4.78, 5) is 38.7. The zero-order valence-electron chi connectivity index (χ0n) is 17.8. The van der Waals surface area contributed by atoms with Crippen molar-refractivity contribution in [1.29, 1.82) is 0 Å². The zero-order chi connectivity index (χ0) is 24.2. The maximum Gasteiger partial charge on any atom is 0.331 e. The molecule has 1 aliphatic heterocycles. The van der Waals surface area contributed by atoms with Gasteiger partial charge in [-0.2, -0.15) is 0 Å². The number of ether oxygens (including phenoxy) is 3. The normalized spacial score (nSPS) is 14.7. The Morgan fingerprint density at radius 3 is 2.09 bits per heavy atom. The first kappa shape index (κ1) is 23.1. The van der Waals surface area contributed by atoms with Crippen LogP contribution in [0.5, 0.6) is 23.8 Å². The van der Waals surface area contributed by atoms with Gasteiger partial charge in [-0.1, -0.05) is 23.7 Å². The second kappa shape index (κ2) is 9.81. The van der Waals surface area contributed by atoms with Gasteiger partial charge in [0.15, 0.2) is 5.11 Å². The van der Waals surface area contributed by atoms with Gasteiger partial charge in [-0.3, -0.25) is 19.8 Å². The van der Waals surface area contributed by atoms with Crippen molar-refractivity contribution in [1.82, 2.24) is 20.3 Å². The third-order valence-corrected chi connectivity index (χ3v) is 5.06. The minimum atomic E-state index is -0.593. The first-order chi connectivity index (χ1) is 16.4. The van der Waals surface area contributed by atoms with Crippen molar-refractivity contribution in [2.45, 2.75) is 0 Å². The van der Waals surface area contributed by atoms with E-state index < -0.39 is 11.8 Å². The number of benzene rings is 2. The molecule has 0 atom stereocenters. The van der Waals surface area contributed by atoms with Gasteiger partial charge in [0.25, 0.3) is 11.8 Å². The van der Waals surface area contributed by atoms with Crippen LogP contribution in [0.4, 0.5) is 5.69 Å². The fourth-order valence-electron chi connectivity index (χ4n) is 2.93. The molecular formula is C22H16ClN5O5S. The Kier molecular flexibility index (Phi) is 6.66. The van der Waals surface area contributed by atoms with Gasteiger partial charge in [-0.25, -0.2) is 0 Å². The first-order valence-electron chi connectivity index (χ1n) is 9.67. The predicted octanol–water partition coefficient (Wildman–Crippen LogP) is 3.17. The molecule has 0 unspecified atom stereocenters. The van der Waals surface area contributed by atoms with Gasteiger partial charge in [0.2, 0.25) is 0 Å². The molecule has 1 saturated heterocycles. The number of methoxy groups -OCH3 is 2. The summed E-state index contributed by atoms with van der Waals surface area (Å²) >= 11 is 11.1. The van der Waals surface area contributed by atoms with Crippen LogP contribution in [0.15, 0.2) is 54.1 Å². The van der Waals surface area contributed by atoms with Crippen LogP contribution in [0.3, 0.4) is 0 Å². The maximum absolute atomic E-state index is 13.1. The summed E-state index contributed by atoms with van der Waals surface area (Å²) in [6, 6.07) is 13.2. The van der Waals surface area contributed by atoms with Crippen LogP contribution in [0, 0.1) is 0 Å². The molecule has 0 radical (unpaired) electrons. The molecule has 1 fully saturated rings. The monoisotopic (exact) mass is 497 g/mol. The van der Waals surface area contributed by atoms with Crippen LogP contribution in [0.25, 0.3) is 6.08 Å². The van der Waals surface area contributed by atoms with Crippen LogP contribution >= 0.6 is 23.8 Å². The van der Waals surface area contributed by atoms with E-state index in [0.29, 0.717) is 22.0 Å². The topological polar surface area (TPSA) is 116 Å². The van der Waals surface area contributed by atoms with E-state index in [0.717, 1.165) is 0 Å². The van der Waals surface area contributed by atoms with Crippen LogP contribution in [0.2, 0.25) is 5.02 Å². The van der Waals surface area contributed by atoms with Crippen molar-refractivity contribution in [3.05, 3.63) is 64.7 Å². The number of nitrogens with zero attached hydrogens (tertiary/aromatic N) is 4. The molecule has 0 saturated carbocycles. The molecule has 0 bridgehead atoms. The van der Waals surface area contributed by atoms with Gasteiger partial charge in [-0.05, 0) is 60.3 Å². The number of rotatable bonds is 6. The van der Waals surface area contributed by atoms with Crippen molar-refractivity contribution in [3.63, 3.8) is 0 Å². The van der Waals surface area contributed by atoms with Crippen molar-refractivity contribution < 1.29 is 23.8 Å². The van der Waals surface area contributed by atoms with Gasteiger partial charge in [0.05, 0.1) is 19.9 Å². The number of hydrogen-bond acceptors (Lipinski definition) is 9. The smallest absolute Gasteiger partial charge is 0.331 e. The summed E-state index contributed by atoms with van der Waals surface area (Å²) < 4.78 is 15.6. The third-order valence-electron chi connectivity index (χ3n) is 4.53. The summed E-state index contributed by atoms with van der Waals surface area (Å²) in [5.74, 6) is -0.744. The highest BCUT2D eigenvalue weighted by Crippen LogP contribution is 2.25. The van der Waals surface area contributed by atoms with Gasteiger partial charge in [0.1, 0.15) is 11.3 Å². The number of carbonyl (C=O) groups excluding carboxylic acids is 2. The average Bonchev–Trinajstić information content (AvgIpc) is 2.83. The Morgan fingerprint density at radius 2 is 1.50 bits per heavy atom. The third kappa shape index (κ3) is 4.95. The number of carbonyl (C=O) groups is 2. The lowest BCUT2D eigenvalue weighted by atomic mass is 10.1. The van der Waals surface area contributed by atoms with Crippen LogP contribution in [-0.4, -0.2) is 46.1 Å². The zero-order valence-corrected chi connectivity index (χ0v) is 19.4. The molecule has 2 amide bonds. The van der Waals surface area contributed by atoms with E-state index in [1.54, 1.807) is 48.5 Å². The summed E-state index contributed by atoms with van der Waals surface area (Å²) in [6.07, 6.45) is 1.46. The van der Waals surface area contributed by atoms with Gasteiger partial charge < -0.3 is 14.2 Å². The molecule has 1 aromatic heterocycles. The molecule has 172 valence electrons. The second-order valence-corrected chi connectivity index (χ2v) is 7.52. The predicted molar refractivity (Wildman–Crippen MR) is 127 cm³/mol. The molecule has 3 aromatic rings. The standard InChI is InChI=1S/C22H16ClN5O5S/c1-31-19-25-20(32-2)27-21(26-19)33-15-9-3-12(4-10-15)11-16-17(29)24-22(34)28(18(16)30)14-7-5-13(23)6-8-14/h3-11H,1-2H3,(H,24,29,34). The molecule has 1 aliphatic rings. The van der Waals surface area contributed by atoms with Gasteiger partial charge in [-0.15, -0.1) is 15.0 Å². The fourth-order valence-corrected chi connectivity index (χ4v) is 3.34. The molecule has 4 rings (SSSR count). The van der Waals surface area contributed by atoms with E-state index >= 15 is 0 Å². The minimum Gasteiger partial charge on any atom is -0.467 e. The molecule has 0 aliphatic carbocycles. The second-order valence-electron chi connectivity index (χ2n) is 6.70.